The van der Waals surface area contributed by atoms with Gasteiger partial charge in [0.2, 0.25) is 0 Å². The molecule has 4 aromatic heterocycles. The van der Waals surface area contributed by atoms with E-state index in [2.05, 4.69) is 70.1 Å². The molecule has 0 atom stereocenters. The summed E-state index contributed by atoms with van der Waals surface area (Å²) in [5, 5.41) is 28.0. The fourth-order valence-electron chi connectivity index (χ4n) is 6.03. The summed E-state index contributed by atoms with van der Waals surface area (Å²) in [7, 11) is 0. The van der Waals surface area contributed by atoms with Crippen molar-refractivity contribution in [3.05, 3.63) is 144 Å². The van der Waals surface area contributed by atoms with Crippen molar-refractivity contribution in [2.24, 2.45) is 0 Å². The average molecular weight is 767 g/mol. The first-order valence-corrected chi connectivity index (χ1v) is 18.7. The number of nitrogens with zero attached hydrogens (tertiary/aromatic N) is 6. The van der Waals surface area contributed by atoms with Gasteiger partial charge < -0.3 is 30.3 Å². The van der Waals surface area contributed by atoms with Crippen molar-refractivity contribution in [2.45, 2.75) is 39.5 Å². The Kier molecular flexibility index (Phi) is 10.3. The lowest BCUT2D eigenvalue weighted by Crippen LogP contribution is -2.01. The van der Waals surface area contributed by atoms with Crippen molar-refractivity contribution < 1.29 is 19.7 Å². The van der Waals surface area contributed by atoms with Crippen LogP contribution in [0, 0.1) is 11.8 Å². The monoisotopic (exact) mass is 766 g/mol. The highest BCUT2D eigenvalue weighted by Gasteiger charge is 2.15. The molecule has 12 heteroatoms. The van der Waals surface area contributed by atoms with Gasteiger partial charge in [0.05, 0.1) is 22.1 Å². The number of aromatic nitrogens is 6. The maximum Gasteiger partial charge on any atom is 0.164 e. The molecule has 12 nitrogen and oxygen atoms in total. The minimum absolute atomic E-state index is 0.137. The van der Waals surface area contributed by atoms with Crippen LogP contribution in [0.25, 0.3) is 22.1 Å². The molecule has 0 aliphatic heterocycles. The van der Waals surface area contributed by atoms with Gasteiger partial charge in [-0.1, -0.05) is 39.5 Å². The zero-order valence-corrected chi connectivity index (χ0v) is 32.1. The third-order valence-electron chi connectivity index (χ3n) is 9.17. The molecule has 0 spiro atoms. The van der Waals surface area contributed by atoms with Gasteiger partial charge in [0.15, 0.2) is 22.8 Å². The second kappa shape index (κ2) is 16.1. The maximum atomic E-state index is 9.83. The number of rotatable bonds is 10. The lowest BCUT2D eigenvalue weighted by Gasteiger charge is -2.15. The maximum absolute atomic E-state index is 9.83. The van der Waals surface area contributed by atoms with E-state index in [1.54, 1.807) is 48.5 Å². The van der Waals surface area contributed by atoms with Crippen LogP contribution in [-0.4, -0.2) is 40.1 Å². The van der Waals surface area contributed by atoms with Gasteiger partial charge in [0.1, 0.15) is 47.3 Å². The fraction of sp³-hybridized carbons (Fsp3) is 0.130. The van der Waals surface area contributed by atoms with Crippen molar-refractivity contribution in [3.8, 4) is 46.3 Å². The van der Waals surface area contributed by atoms with E-state index in [1.807, 2.05) is 60.7 Å². The highest BCUT2D eigenvalue weighted by Crippen LogP contribution is 2.36. The summed E-state index contributed by atoms with van der Waals surface area (Å²) in [6, 6.07) is 32.1. The normalized spacial score (nSPS) is 11.1. The van der Waals surface area contributed by atoms with Gasteiger partial charge in [0.25, 0.3) is 0 Å². The first-order valence-electron chi connectivity index (χ1n) is 18.7. The molecule has 286 valence electrons. The van der Waals surface area contributed by atoms with E-state index in [0.717, 1.165) is 22.2 Å². The van der Waals surface area contributed by atoms with Crippen molar-refractivity contribution >= 4 is 45.1 Å². The van der Waals surface area contributed by atoms with Gasteiger partial charge in [-0.15, -0.1) is 0 Å². The van der Waals surface area contributed by atoms with E-state index in [-0.39, 0.29) is 23.3 Å². The van der Waals surface area contributed by atoms with Gasteiger partial charge >= 0.3 is 0 Å². The van der Waals surface area contributed by atoms with Crippen molar-refractivity contribution in [3.63, 3.8) is 0 Å². The van der Waals surface area contributed by atoms with Gasteiger partial charge in [-0.05, 0) is 121 Å². The predicted molar refractivity (Wildman–Crippen MR) is 225 cm³/mol. The third-order valence-corrected chi connectivity index (χ3v) is 9.17. The Morgan fingerprint density at radius 3 is 1.31 bits per heavy atom. The van der Waals surface area contributed by atoms with Crippen LogP contribution in [0.15, 0.2) is 122 Å². The van der Waals surface area contributed by atoms with Gasteiger partial charge in [-0.25, -0.2) is 29.9 Å². The zero-order chi connectivity index (χ0) is 40.2. The Labute approximate surface area is 334 Å². The smallest absolute Gasteiger partial charge is 0.164 e. The van der Waals surface area contributed by atoms with Crippen LogP contribution in [0.2, 0.25) is 0 Å². The van der Waals surface area contributed by atoms with Crippen molar-refractivity contribution in [1.29, 1.82) is 0 Å². The molecule has 0 radical (unpaired) electrons. The minimum Gasteiger partial charge on any atom is -0.508 e. The topological polar surface area (TPSA) is 160 Å². The van der Waals surface area contributed by atoms with E-state index in [9.17, 15) is 10.2 Å². The molecule has 0 unspecified atom stereocenters. The second-order valence-corrected chi connectivity index (χ2v) is 14.1. The van der Waals surface area contributed by atoms with Crippen LogP contribution in [0.4, 0.5) is 23.0 Å². The lowest BCUT2D eigenvalue weighted by atomic mass is 10.1. The number of benzene rings is 4. The van der Waals surface area contributed by atoms with Gasteiger partial charge in [-0.2, -0.15) is 0 Å². The number of ether oxygens (including phenoxy) is 2. The summed E-state index contributed by atoms with van der Waals surface area (Å²) in [4.78, 5) is 27.4. The first kappa shape index (κ1) is 37.2. The summed E-state index contributed by atoms with van der Waals surface area (Å²) in [6.45, 7) is 8.35. The molecule has 0 bridgehead atoms. The van der Waals surface area contributed by atoms with Crippen LogP contribution in [0.1, 0.15) is 62.0 Å². The van der Waals surface area contributed by atoms with Gasteiger partial charge in [0, 0.05) is 22.5 Å². The Morgan fingerprint density at radius 1 is 0.500 bits per heavy atom. The molecule has 0 fully saturated rings. The summed E-state index contributed by atoms with van der Waals surface area (Å²) in [5.74, 6) is 10.6. The predicted octanol–water partition coefficient (Wildman–Crippen LogP) is 10.5. The molecule has 0 saturated heterocycles. The molecule has 8 rings (SSSR count). The number of phenolic OH excluding ortho intramolecular Hbond substituents is 2. The van der Waals surface area contributed by atoms with Crippen LogP contribution < -0.4 is 20.1 Å². The number of pyridine rings is 2. The molecule has 4 aromatic carbocycles. The van der Waals surface area contributed by atoms with E-state index in [1.165, 1.54) is 12.7 Å². The standard InChI is InChI=1S/C46H38N8O4/c1-27(2)37-19-17-35-43(51-37)47-25-49-45(35)53-39-23-29(7-21-41(39)57-33-13-9-31(55)10-14-33)5-6-30-8-22-42(58-34-15-11-32(56)12-16-34)40(24-30)54-46-36-18-20-38(28(3)4)52-44(36)48-26-50-46/h7-28,55-56H,1-4H3,(H,47,49,51,53)(H,48,50,52,54). The molecule has 0 aliphatic carbocycles. The van der Waals surface area contributed by atoms with Crippen molar-refractivity contribution in [1.82, 2.24) is 29.9 Å². The lowest BCUT2D eigenvalue weighted by molar-refractivity contribution is 0.465. The Morgan fingerprint density at radius 2 is 0.914 bits per heavy atom. The highest BCUT2D eigenvalue weighted by atomic mass is 16.5. The zero-order valence-electron chi connectivity index (χ0n) is 32.1. The number of phenols is 2. The summed E-state index contributed by atoms with van der Waals surface area (Å²) < 4.78 is 12.5. The minimum atomic E-state index is 0.137. The van der Waals surface area contributed by atoms with E-state index >= 15 is 0 Å². The largest absolute Gasteiger partial charge is 0.508 e. The van der Waals surface area contributed by atoms with Gasteiger partial charge in [-0.3, -0.25) is 0 Å². The van der Waals surface area contributed by atoms with Crippen LogP contribution in [0.5, 0.6) is 34.5 Å². The first-order chi connectivity index (χ1) is 28.1. The number of hydrogen-bond acceptors (Lipinski definition) is 12. The van der Waals surface area contributed by atoms with E-state index in [4.69, 9.17) is 19.4 Å². The Balaban J connectivity index is 1.15. The molecule has 0 saturated carbocycles. The number of hydrogen-bond donors (Lipinski definition) is 4. The molecular weight excluding hydrogens is 729 g/mol. The summed E-state index contributed by atoms with van der Waals surface area (Å²) in [6.07, 6.45) is 2.96. The Hall–Kier alpha value is -7.78. The summed E-state index contributed by atoms with van der Waals surface area (Å²) in [5.41, 5.74) is 5.65. The Bertz CT molecular complexity index is 2640. The van der Waals surface area contributed by atoms with Crippen LogP contribution >= 0.6 is 0 Å². The fourth-order valence-corrected chi connectivity index (χ4v) is 6.03. The second-order valence-electron chi connectivity index (χ2n) is 14.1. The molecular formula is C46H38N8O4. The number of anilines is 4. The molecule has 4 N–H and O–H groups in total. The molecule has 0 aliphatic rings. The highest BCUT2D eigenvalue weighted by molar-refractivity contribution is 5.90. The number of aromatic hydroxyl groups is 2. The van der Waals surface area contributed by atoms with Crippen LogP contribution in [0.3, 0.4) is 0 Å². The molecule has 8 aromatic rings. The van der Waals surface area contributed by atoms with Crippen molar-refractivity contribution in [2.75, 3.05) is 10.6 Å². The van der Waals surface area contributed by atoms with Crippen LogP contribution in [-0.2, 0) is 0 Å². The quantitative estimate of drug-likeness (QED) is 0.0977. The number of fused-ring (bicyclic) bond motifs is 2. The molecule has 4 heterocycles. The number of nitrogens with one attached hydrogen (secondary N) is 2. The average Bonchev–Trinajstić information content (AvgIpc) is 3.23. The van der Waals surface area contributed by atoms with E-state index < -0.39 is 0 Å². The molecule has 58 heavy (non-hydrogen) atoms. The molecule has 0 amide bonds. The summed E-state index contributed by atoms with van der Waals surface area (Å²) >= 11 is 0. The third kappa shape index (κ3) is 8.39. The SMILES string of the molecule is CC(C)c1ccc2c(Nc3cc(C#Cc4ccc(Oc5ccc(O)cc5)c(Nc5ncnc6nc(C(C)C)ccc56)c4)ccc3Oc3ccc(O)cc3)ncnc2n1. The van der Waals surface area contributed by atoms with E-state index in [0.29, 0.717) is 68.4 Å².